The van der Waals surface area contributed by atoms with Crippen LogP contribution in [-0.2, 0) is 6.42 Å². The lowest BCUT2D eigenvalue weighted by Gasteiger charge is -2.11. The van der Waals surface area contributed by atoms with Crippen molar-refractivity contribution in [3.05, 3.63) is 10.6 Å². The van der Waals surface area contributed by atoms with Gasteiger partial charge in [0.2, 0.25) is 0 Å². The topological polar surface area (TPSA) is 95.3 Å². The predicted octanol–water partition coefficient (Wildman–Crippen LogP) is 0.352. The highest BCUT2D eigenvalue weighted by Gasteiger charge is 2.33. The van der Waals surface area contributed by atoms with E-state index in [1.54, 1.807) is 0 Å². The summed E-state index contributed by atoms with van der Waals surface area (Å²) in [6, 6.07) is -0.0868. The Bertz CT molecular complexity index is 438. The normalized spacial score (nSPS) is 26.6. The molecule has 1 fully saturated rings. The fraction of sp³-hybridized carbons (Fsp3) is 0.750. The van der Waals surface area contributed by atoms with Gasteiger partial charge in [-0.05, 0) is 30.8 Å². The van der Waals surface area contributed by atoms with Gasteiger partial charge in [-0.15, -0.1) is 5.10 Å². The molecule has 0 aromatic carbocycles. The van der Waals surface area contributed by atoms with E-state index >= 15 is 0 Å². The molecule has 2 rings (SSSR count). The molecule has 0 radical (unpaired) electrons. The monoisotopic (exact) mass is 285 g/mol. The van der Waals surface area contributed by atoms with E-state index in [-0.39, 0.29) is 24.5 Å². The molecule has 0 bridgehead atoms. The number of carbonyl (C=O) groups excluding carboxylic acids is 1. The lowest BCUT2D eigenvalue weighted by Crippen LogP contribution is -2.33. The first-order valence-corrected chi connectivity index (χ1v) is 7.34. The predicted molar refractivity (Wildman–Crippen MR) is 71.0 cm³/mol. The van der Waals surface area contributed by atoms with Gasteiger partial charge in [0.25, 0.3) is 5.91 Å². The molecular weight excluding hydrogens is 266 g/mol. The quantitative estimate of drug-likeness (QED) is 0.725. The van der Waals surface area contributed by atoms with Crippen LogP contribution >= 0.6 is 11.5 Å². The average Bonchev–Trinajstić information content (AvgIpc) is 2.96. The van der Waals surface area contributed by atoms with Crippen molar-refractivity contribution < 1.29 is 15.0 Å². The molecule has 0 aliphatic heterocycles. The zero-order valence-electron chi connectivity index (χ0n) is 10.9. The summed E-state index contributed by atoms with van der Waals surface area (Å²) in [6.45, 7) is 1.98. The summed E-state index contributed by atoms with van der Waals surface area (Å²) in [7, 11) is 0. The molecule has 1 aliphatic carbocycles. The van der Waals surface area contributed by atoms with Crippen LogP contribution in [0.25, 0.3) is 0 Å². The van der Waals surface area contributed by atoms with Crippen LogP contribution < -0.4 is 5.32 Å². The van der Waals surface area contributed by atoms with E-state index in [4.69, 9.17) is 5.11 Å². The Morgan fingerprint density at radius 3 is 2.95 bits per heavy atom. The molecule has 1 amide bonds. The molecular formula is C12H19N3O3S. The molecule has 6 nitrogen and oxygen atoms in total. The van der Waals surface area contributed by atoms with Gasteiger partial charge >= 0.3 is 0 Å². The lowest BCUT2D eigenvalue weighted by atomic mass is 10.1. The van der Waals surface area contributed by atoms with E-state index in [9.17, 15) is 9.90 Å². The number of hydrogen-bond donors (Lipinski definition) is 3. The molecule has 3 N–H and O–H groups in total. The third-order valence-electron chi connectivity index (χ3n) is 3.48. The standard InChI is InChI=1S/C12H19N3O3S/c1-2-3-9-11(19-15-14-9)12(18)13-8-4-7(6-16)10(17)5-8/h7-8,10,16-17H,2-6H2,1H3,(H,13,18)/t7-,8-,10-/m1/s1. The molecule has 106 valence electrons. The van der Waals surface area contributed by atoms with Crippen LogP contribution in [0.1, 0.15) is 41.6 Å². The van der Waals surface area contributed by atoms with Crippen LogP contribution in [0.2, 0.25) is 0 Å². The SMILES string of the molecule is CCCc1nnsc1C(=O)N[C@@H]1C[C@H](CO)[C@H](O)C1. The molecule has 7 heteroatoms. The minimum Gasteiger partial charge on any atom is -0.396 e. The number of nitrogens with one attached hydrogen (secondary N) is 1. The Balaban J connectivity index is 1.96. The molecule has 1 aliphatic rings. The highest BCUT2D eigenvalue weighted by Crippen LogP contribution is 2.26. The minimum atomic E-state index is -0.537. The summed E-state index contributed by atoms with van der Waals surface area (Å²) in [5.41, 5.74) is 0.738. The molecule has 3 atom stereocenters. The van der Waals surface area contributed by atoms with Gasteiger partial charge in [-0.3, -0.25) is 4.79 Å². The first kappa shape index (κ1) is 14.4. The van der Waals surface area contributed by atoms with Gasteiger partial charge in [-0.2, -0.15) is 0 Å². The number of carbonyl (C=O) groups is 1. The van der Waals surface area contributed by atoms with E-state index in [0.29, 0.717) is 17.7 Å². The highest BCUT2D eigenvalue weighted by molar-refractivity contribution is 7.08. The van der Waals surface area contributed by atoms with Crippen molar-refractivity contribution in [2.75, 3.05) is 6.61 Å². The summed E-state index contributed by atoms with van der Waals surface area (Å²) in [5.74, 6) is -0.311. The van der Waals surface area contributed by atoms with Crippen LogP contribution in [0.15, 0.2) is 0 Å². The number of nitrogens with zero attached hydrogens (tertiary/aromatic N) is 2. The van der Waals surface area contributed by atoms with Crippen molar-refractivity contribution in [3.8, 4) is 0 Å². The van der Waals surface area contributed by atoms with Crippen molar-refractivity contribution >= 4 is 17.4 Å². The maximum atomic E-state index is 12.1. The number of amides is 1. The molecule has 1 heterocycles. The van der Waals surface area contributed by atoms with E-state index < -0.39 is 6.10 Å². The van der Waals surface area contributed by atoms with Gasteiger partial charge in [0.1, 0.15) is 4.88 Å². The molecule has 1 saturated carbocycles. The molecule has 0 spiro atoms. The Hall–Kier alpha value is -1.05. The second-order valence-electron chi connectivity index (χ2n) is 4.95. The van der Waals surface area contributed by atoms with Gasteiger partial charge in [-0.1, -0.05) is 17.8 Å². The van der Waals surface area contributed by atoms with Crippen LogP contribution in [0.5, 0.6) is 0 Å². The number of hydrogen-bond acceptors (Lipinski definition) is 6. The summed E-state index contributed by atoms with van der Waals surface area (Å²) in [5, 5.41) is 25.7. The first-order chi connectivity index (χ1) is 9.15. The fourth-order valence-corrected chi connectivity index (χ4v) is 3.06. The zero-order chi connectivity index (χ0) is 13.8. The summed E-state index contributed by atoms with van der Waals surface area (Å²) >= 11 is 1.10. The molecule has 0 unspecified atom stereocenters. The van der Waals surface area contributed by atoms with Gasteiger partial charge in [-0.25, -0.2) is 0 Å². The molecule has 0 saturated heterocycles. The Morgan fingerprint density at radius 2 is 2.32 bits per heavy atom. The fourth-order valence-electron chi connectivity index (χ4n) is 2.45. The number of aromatic nitrogens is 2. The van der Waals surface area contributed by atoms with Crippen LogP contribution in [0, 0.1) is 5.92 Å². The Labute approximate surface area is 116 Å². The maximum Gasteiger partial charge on any atom is 0.265 e. The van der Waals surface area contributed by atoms with Gasteiger partial charge < -0.3 is 15.5 Å². The number of aryl methyl sites for hydroxylation is 1. The summed E-state index contributed by atoms with van der Waals surface area (Å²) in [6.07, 6.45) is 2.22. The average molecular weight is 285 g/mol. The third kappa shape index (κ3) is 3.29. The smallest absolute Gasteiger partial charge is 0.265 e. The van der Waals surface area contributed by atoms with E-state index in [1.165, 1.54) is 0 Å². The number of aliphatic hydroxyl groups is 2. The molecule has 1 aromatic rings. The van der Waals surface area contributed by atoms with Crippen LogP contribution in [0.3, 0.4) is 0 Å². The van der Waals surface area contributed by atoms with Crippen molar-refractivity contribution in [1.29, 1.82) is 0 Å². The zero-order valence-corrected chi connectivity index (χ0v) is 11.7. The van der Waals surface area contributed by atoms with Crippen molar-refractivity contribution in [2.45, 2.75) is 44.8 Å². The molecule has 19 heavy (non-hydrogen) atoms. The minimum absolute atomic E-state index is 0.0449. The third-order valence-corrected chi connectivity index (χ3v) is 4.24. The molecule has 1 aromatic heterocycles. The first-order valence-electron chi connectivity index (χ1n) is 6.56. The Morgan fingerprint density at radius 1 is 1.53 bits per heavy atom. The summed E-state index contributed by atoms with van der Waals surface area (Å²) in [4.78, 5) is 12.7. The number of aliphatic hydroxyl groups excluding tert-OH is 2. The number of rotatable bonds is 5. The highest BCUT2D eigenvalue weighted by atomic mass is 32.1. The Kier molecular flexibility index (Phi) is 4.84. The van der Waals surface area contributed by atoms with Crippen LogP contribution in [0.4, 0.5) is 0 Å². The largest absolute Gasteiger partial charge is 0.396 e. The van der Waals surface area contributed by atoms with Gasteiger partial charge in [0.15, 0.2) is 0 Å². The van der Waals surface area contributed by atoms with E-state index in [2.05, 4.69) is 14.9 Å². The van der Waals surface area contributed by atoms with Crippen molar-refractivity contribution in [2.24, 2.45) is 5.92 Å². The van der Waals surface area contributed by atoms with E-state index in [1.807, 2.05) is 6.92 Å². The second-order valence-corrected chi connectivity index (χ2v) is 5.70. The summed E-state index contributed by atoms with van der Waals surface area (Å²) < 4.78 is 3.82. The van der Waals surface area contributed by atoms with E-state index in [0.717, 1.165) is 30.1 Å². The van der Waals surface area contributed by atoms with Crippen LogP contribution in [-0.4, -0.2) is 44.5 Å². The van der Waals surface area contributed by atoms with Crippen molar-refractivity contribution in [1.82, 2.24) is 14.9 Å². The second kappa shape index (κ2) is 6.40. The maximum absolute atomic E-state index is 12.1. The van der Waals surface area contributed by atoms with Crippen molar-refractivity contribution in [3.63, 3.8) is 0 Å². The van der Waals surface area contributed by atoms with Gasteiger partial charge in [0, 0.05) is 18.6 Å². The lowest BCUT2D eigenvalue weighted by molar-refractivity contribution is 0.0904. The van der Waals surface area contributed by atoms with Gasteiger partial charge in [0.05, 0.1) is 11.8 Å².